The van der Waals surface area contributed by atoms with E-state index in [1.807, 2.05) is 18.2 Å². The van der Waals surface area contributed by atoms with E-state index < -0.39 is 0 Å². The number of H-pyrrole nitrogens is 1. The van der Waals surface area contributed by atoms with Crippen molar-refractivity contribution >= 4 is 16.8 Å². The van der Waals surface area contributed by atoms with Crippen molar-refractivity contribution in [2.24, 2.45) is 5.92 Å². The Morgan fingerprint density at radius 3 is 3.00 bits per heavy atom. The molecular weight excluding hydrogens is 250 g/mol. The summed E-state index contributed by atoms with van der Waals surface area (Å²) in [5.74, 6) is 0.575. The van der Waals surface area contributed by atoms with Crippen molar-refractivity contribution in [1.29, 1.82) is 0 Å². The lowest BCUT2D eigenvalue weighted by molar-refractivity contribution is 0.0946. The van der Waals surface area contributed by atoms with Crippen LogP contribution >= 0.6 is 0 Å². The summed E-state index contributed by atoms with van der Waals surface area (Å²) in [6.07, 6.45) is 6.50. The van der Waals surface area contributed by atoms with Gasteiger partial charge in [0, 0.05) is 17.5 Å². The highest BCUT2D eigenvalue weighted by molar-refractivity contribution is 5.97. The molecule has 4 nitrogen and oxygen atoms in total. The van der Waals surface area contributed by atoms with Crippen LogP contribution in [-0.4, -0.2) is 22.6 Å². The van der Waals surface area contributed by atoms with E-state index in [1.54, 1.807) is 6.20 Å². The number of nitrogens with zero attached hydrogens (tertiary/aromatic N) is 1. The van der Waals surface area contributed by atoms with E-state index in [-0.39, 0.29) is 5.91 Å². The number of amides is 1. The van der Waals surface area contributed by atoms with E-state index in [1.165, 1.54) is 19.3 Å². The molecule has 1 unspecified atom stereocenters. The van der Waals surface area contributed by atoms with Crippen LogP contribution in [0.25, 0.3) is 10.9 Å². The highest BCUT2D eigenvalue weighted by Crippen LogP contribution is 2.14. The molecule has 1 atom stereocenters. The Morgan fingerprint density at radius 2 is 2.25 bits per heavy atom. The normalized spacial score (nSPS) is 12.5. The summed E-state index contributed by atoms with van der Waals surface area (Å²) in [5.41, 5.74) is 1.59. The third-order valence-corrected chi connectivity index (χ3v) is 3.80. The molecule has 1 amide bonds. The molecule has 20 heavy (non-hydrogen) atoms. The molecule has 2 N–H and O–H groups in total. The van der Waals surface area contributed by atoms with Gasteiger partial charge in [-0.1, -0.05) is 39.2 Å². The van der Waals surface area contributed by atoms with Crippen molar-refractivity contribution < 1.29 is 4.79 Å². The molecule has 0 aliphatic rings. The minimum absolute atomic E-state index is 0.00329. The third-order valence-electron chi connectivity index (χ3n) is 3.80. The fourth-order valence-corrected chi connectivity index (χ4v) is 2.36. The number of fused-ring (bicyclic) bond motifs is 1. The quantitative estimate of drug-likeness (QED) is 0.811. The summed E-state index contributed by atoms with van der Waals surface area (Å²) in [6.45, 7) is 5.14. The largest absolute Gasteiger partial charge is 0.352 e. The number of aromatic nitrogens is 2. The van der Waals surface area contributed by atoms with Crippen LogP contribution in [-0.2, 0) is 0 Å². The molecule has 0 saturated heterocycles. The molecule has 0 aliphatic carbocycles. The Bertz CT molecular complexity index is 562. The number of hydrogen-bond acceptors (Lipinski definition) is 2. The predicted octanol–water partition coefficient (Wildman–Crippen LogP) is 3.51. The summed E-state index contributed by atoms with van der Waals surface area (Å²) < 4.78 is 0. The van der Waals surface area contributed by atoms with Crippen molar-refractivity contribution in [2.75, 3.05) is 6.54 Å². The third kappa shape index (κ3) is 3.59. The number of unbranched alkanes of at least 4 members (excludes halogenated alkanes) is 1. The number of carbonyl (C=O) groups is 1. The zero-order chi connectivity index (χ0) is 14.4. The zero-order valence-corrected chi connectivity index (χ0v) is 12.3. The van der Waals surface area contributed by atoms with Crippen LogP contribution in [0.4, 0.5) is 0 Å². The first-order valence-electron chi connectivity index (χ1n) is 7.46. The van der Waals surface area contributed by atoms with Gasteiger partial charge in [-0.05, 0) is 24.5 Å². The summed E-state index contributed by atoms with van der Waals surface area (Å²) in [4.78, 5) is 12.2. The smallest absolute Gasteiger partial charge is 0.251 e. The summed E-state index contributed by atoms with van der Waals surface area (Å²) in [5, 5.41) is 10.9. The molecule has 1 heterocycles. The van der Waals surface area contributed by atoms with Gasteiger partial charge in [0.1, 0.15) is 0 Å². The first-order valence-corrected chi connectivity index (χ1v) is 7.46. The van der Waals surface area contributed by atoms with Crippen molar-refractivity contribution in [2.45, 2.75) is 39.5 Å². The van der Waals surface area contributed by atoms with Crippen molar-refractivity contribution in [3.05, 3.63) is 30.0 Å². The number of aromatic amines is 1. The van der Waals surface area contributed by atoms with Crippen molar-refractivity contribution in [3.8, 4) is 0 Å². The average Bonchev–Trinajstić information content (AvgIpc) is 2.94. The van der Waals surface area contributed by atoms with Crippen LogP contribution < -0.4 is 5.32 Å². The van der Waals surface area contributed by atoms with Gasteiger partial charge in [-0.25, -0.2) is 0 Å². The molecule has 0 saturated carbocycles. The predicted molar refractivity (Wildman–Crippen MR) is 81.7 cm³/mol. The summed E-state index contributed by atoms with van der Waals surface area (Å²) in [7, 11) is 0. The average molecular weight is 273 g/mol. The van der Waals surface area contributed by atoms with Gasteiger partial charge in [0.15, 0.2) is 0 Å². The van der Waals surface area contributed by atoms with Crippen LogP contribution in [0, 0.1) is 5.92 Å². The van der Waals surface area contributed by atoms with Crippen LogP contribution in [0.5, 0.6) is 0 Å². The van der Waals surface area contributed by atoms with Gasteiger partial charge in [0.2, 0.25) is 0 Å². The molecule has 0 aliphatic heterocycles. The zero-order valence-electron chi connectivity index (χ0n) is 12.3. The number of benzene rings is 1. The lowest BCUT2D eigenvalue weighted by Crippen LogP contribution is -2.29. The molecular formula is C16H23N3O. The topological polar surface area (TPSA) is 57.8 Å². The molecule has 0 spiro atoms. The van der Waals surface area contributed by atoms with Gasteiger partial charge in [0.25, 0.3) is 5.91 Å². The minimum Gasteiger partial charge on any atom is -0.352 e. The van der Waals surface area contributed by atoms with Crippen LogP contribution in [0.3, 0.4) is 0 Å². The maximum absolute atomic E-state index is 12.2. The molecule has 0 radical (unpaired) electrons. The number of hydrogen-bond donors (Lipinski definition) is 2. The lowest BCUT2D eigenvalue weighted by Gasteiger charge is -2.15. The first-order chi connectivity index (χ1) is 9.74. The maximum Gasteiger partial charge on any atom is 0.251 e. The molecule has 4 heteroatoms. The van der Waals surface area contributed by atoms with Crippen LogP contribution in [0.15, 0.2) is 24.4 Å². The van der Waals surface area contributed by atoms with Crippen LogP contribution in [0.2, 0.25) is 0 Å². The highest BCUT2D eigenvalue weighted by Gasteiger charge is 2.10. The molecule has 0 fully saturated rings. The Hall–Kier alpha value is -1.84. The lowest BCUT2D eigenvalue weighted by atomic mass is 9.99. The molecule has 2 rings (SSSR count). The standard InChI is InChI=1S/C16H23N3O/c1-3-5-6-12(4-2)10-17-16(20)13-7-8-14-11-18-19-15(14)9-13/h7-9,11-12H,3-6,10H2,1-2H3,(H,17,20)(H,18,19). The van der Waals surface area contributed by atoms with E-state index in [2.05, 4.69) is 29.4 Å². The van der Waals surface area contributed by atoms with E-state index in [0.29, 0.717) is 11.5 Å². The second-order valence-electron chi connectivity index (χ2n) is 5.30. The Kier molecular flexibility index (Phi) is 5.16. The van der Waals surface area contributed by atoms with Gasteiger partial charge < -0.3 is 5.32 Å². The molecule has 1 aromatic heterocycles. The van der Waals surface area contributed by atoms with E-state index in [4.69, 9.17) is 0 Å². The molecule has 2 aromatic rings. The number of carbonyl (C=O) groups excluding carboxylic acids is 1. The second-order valence-corrected chi connectivity index (χ2v) is 5.30. The van der Waals surface area contributed by atoms with E-state index in [9.17, 15) is 4.79 Å². The summed E-state index contributed by atoms with van der Waals surface area (Å²) >= 11 is 0. The first kappa shape index (κ1) is 14.6. The SMILES string of the molecule is CCCCC(CC)CNC(=O)c1ccc2cn[nH]c2c1. The van der Waals surface area contributed by atoms with Crippen molar-refractivity contribution in [3.63, 3.8) is 0 Å². The highest BCUT2D eigenvalue weighted by atomic mass is 16.1. The molecule has 0 bridgehead atoms. The minimum atomic E-state index is -0.00329. The van der Waals surface area contributed by atoms with Gasteiger partial charge >= 0.3 is 0 Å². The van der Waals surface area contributed by atoms with Crippen molar-refractivity contribution in [1.82, 2.24) is 15.5 Å². The Labute approximate surface area is 120 Å². The maximum atomic E-state index is 12.2. The fourth-order valence-electron chi connectivity index (χ4n) is 2.36. The monoisotopic (exact) mass is 273 g/mol. The fraction of sp³-hybridized carbons (Fsp3) is 0.500. The Balaban J connectivity index is 1.93. The summed E-state index contributed by atoms with van der Waals surface area (Å²) in [6, 6.07) is 5.62. The number of nitrogens with one attached hydrogen (secondary N) is 2. The van der Waals surface area contributed by atoms with Gasteiger partial charge in [0.05, 0.1) is 11.7 Å². The second kappa shape index (κ2) is 7.08. The van der Waals surface area contributed by atoms with Gasteiger partial charge in [-0.3, -0.25) is 9.89 Å². The van der Waals surface area contributed by atoms with Crippen LogP contribution in [0.1, 0.15) is 49.9 Å². The van der Waals surface area contributed by atoms with Gasteiger partial charge in [-0.2, -0.15) is 5.10 Å². The number of rotatable bonds is 7. The van der Waals surface area contributed by atoms with Gasteiger partial charge in [-0.15, -0.1) is 0 Å². The Morgan fingerprint density at radius 1 is 1.40 bits per heavy atom. The molecule has 1 aromatic carbocycles. The van der Waals surface area contributed by atoms with E-state index >= 15 is 0 Å². The van der Waals surface area contributed by atoms with E-state index in [0.717, 1.165) is 23.9 Å². The molecule has 108 valence electrons.